The highest BCUT2D eigenvalue weighted by molar-refractivity contribution is 5.60. The number of rotatable bonds is 13. The molecule has 2 rings (SSSR count). The quantitative estimate of drug-likeness (QED) is 0.192. The zero-order valence-electron chi connectivity index (χ0n) is 25.5. The lowest BCUT2D eigenvalue weighted by Gasteiger charge is -2.53. The molecule has 7 heteroatoms. The van der Waals surface area contributed by atoms with Crippen molar-refractivity contribution >= 4 is 6.16 Å². The van der Waals surface area contributed by atoms with Gasteiger partial charge >= 0.3 is 6.16 Å². The summed E-state index contributed by atoms with van der Waals surface area (Å²) in [4.78, 5) is 19.1. The van der Waals surface area contributed by atoms with Gasteiger partial charge in [-0.05, 0) is 61.8 Å². The topological polar surface area (TPSA) is 71.5 Å². The van der Waals surface area contributed by atoms with Crippen molar-refractivity contribution in [3.63, 3.8) is 0 Å². The van der Waals surface area contributed by atoms with Gasteiger partial charge in [-0.2, -0.15) is 10.1 Å². The number of piperidine rings is 2. The van der Waals surface area contributed by atoms with Crippen LogP contribution >= 0.6 is 0 Å². The number of unbranched alkanes of at least 4 members (excludes halogenated alkanes) is 8. The van der Waals surface area contributed by atoms with E-state index in [4.69, 9.17) is 14.3 Å². The van der Waals surface area contributed by atoms with E-state index in [1.807, 2.05) is 27.7 Å². The van der Waals surface area contributed by atoms with Crippen LogP contribution in [0.5, 0.6) is 0 Å². The summed E-state index contributed by atoms with van der Waals surface area (Å²) < 4.78 is 11.6. The van der Waals surface area contributed by atoms with Gasteiger partial charge in [-0.1, -0.05) is 58.3 Å². The molecule has 0 spiro atoms. The van der Waals surface area contributed by atoms with Crippen molar-refractivity contribution in [3.8, 4) is 0 Å². The molecule has 2 saturated heterocycles. The maximum absolute atomic E-state index is 12.8. The Bertz CT molecular complexity index is 670. The monoisotopic (exact) mass is 526 g/mol. The number of hydrogen-bond acceptors (Lipinski definition) is 7. The van der Waals surface area contributed by atoms with Crippen molar-refractivity contribution in [1.29, 1.82) is 0 Å². The van der Waals surface area contributed by atoms with Crippen LogP contribution in [-0.4, -0.2) is 62.5 Å². The highest BCUT2D eigenvalue weighted by Gasteiger charge is 2.49. The summed E-state index contributed by atoms with van der Waals surface area (Å²) in [5, 5.41) is 14.0. The average molecular weight is 527 g/mol. The minimum absolute atomic E-state index is 0.232. The molecular formula is C30H58N2O5. The van der Waals surface area contributed by atoms with Crippen LogP contribution in [0.4, 0.5) is 4.79 Å². The molecule has 0 atom stereocenters. The molecule has 218 valence electrons. The summed E-state index contributed by atoms with van der Waals surface area (Å²) in [7, 11) is 0. The minimum Gasteiger partial charge on any atom is -0.431 e. The second-order valence-corrected chi connectivity index (χ2v) is 14.1. The van der Waals surface area contributed by atoms with Gasteiger partial charge in [0.1, 0.15) is 12.2 Å². The lowest BCUT2D eigenvalue weighted by atomic mass is 9.80. The van der Waals surface area contributed by atoms with Crippen LogP contribution in [-0.2, 0) is 14.3 Å². The molecule has 2 fully saturated rings. The van der Waals surface area contributed by atoms with Crippen molar-refractivity contribution in [3.05, 3.63) is 0 Å². The Kier molecular flexibility index (Phi) is 11.8. The van der Waals surface area contributed by atoms with Gasteiger partial charge in [0.05, 0.1) is 6.61 Å². The molecule has 0 aromatic heterocycles. The number of hydroxylamine groups is 4. The average Bonchev–Trinajstić information content (AvgIpc) is 2.73. The van der Waals surface area contributed by atoms with E-state index in [1.54, 1.807) is 0 Å². The molecule has 0 aromatic rings. The Morgan fingerprint density at radius 1 is 0.676 bits per heavy atom. The summed E-state index contributed by atoms with van der Waals surface area (Å²) >= 11 is 0. The Morgan fingerprint density at radius 3 is 1.49 bits per heavy atom. The zero-order valence-corrected chi connectivity index (χ0v) is 25.5. The smallest absolute Gasteiger partial charge is 0.431 e. The van der Waals surface area contributed by atoms with Gasteiger partial charge in [-0.25, -0.2) is 4.79 Å². The summed E-state index contributed by atoms with van der Waals surface area (Å²) in [5.74, 6) is 0. The van der Waals surface area contributed by atoms with Crippen LogP contribution in [0.25, 0.3) is 0 Å². The Hall–Kier alpha value is -0.890. The van der Waals surface area contributed by atoms with E-state index in [0.29, 0.717) is 25.7 Å². The first-order valence-corrected chi connectivity index (χ1v) is 14.9. The Morgan fingerprint density at radius 2 is 1.05 bits per heavy atom. The summed E-state index contributed by atoms with van der Waals surface area (Å²) in [6.45, 7) is 19.5. The van der Waals surface area contributed by atoms with Crippen LogP contribution < -0.4 is 0 Å². The molecule has 7 nitrogen and oxygen atoms in total. The lowest BCUT2D eigenvalue weighted by Crippen LogP contribution is -2.62. The van der Waals surface area contributed by atoms with Crippen molar-refractivity contribution in [1.82, 2.24) is 10.1 Å². The standard InChI is InChI=1S/C30H58N2O5/c1-10-11-12-13-14-15-16-17-18-19-35-32-29(6,7)22-25(23-30(32,8)9)37-26(33)36-24-20-27(2,3)31(34)28(4,5)21-24/h24-25,34H,10-23H2,1-9H3. The highest BCUT2D eigenvalue weighted by atomic mass is 16.7. The minimum atomic E-state index is -0.608. The van der Waals surface area contributed by atoms with Crippen molar-refractivity contribution in [2.75, 3.05) is 6.61 Å². The van der Waals surface area contributed by atoms with E-state index < -0.39 is 17.2 Å². The zero-order chi connectivity index (χ0) is 27.9. The third-order valence-corrected chi connectivity index (χ3v) is 8.15. The van der Waals surface area contributed by atoms with E-state index >= 15 is 0 Å². The molecular weight excluding hydrogens is 468 g/mol. The molecule has 37 heavy (non-hydrogen) atoms. The molecule has 2 heterocycles. The number of carbonyl (C=O) groups excluding carboxylic acids is 1. The van der Waals surface area contributed by atoms with Crippen LogP contribution in [0.1, 0.15) is 146 Å². The lowest BCUT2D eigenvalue weighted by molar-refractivity contribution is -0.293. The number of carbonyl (C=O) groups is 1. The van der Waals surface area contributed by atoms with Gasteiger partial charge < -0.3 is 14.7 Å². The largest absolute Gasteiger partial charge is 0.508 e. The molecule has 0 unspecified atom stereocenters. The summed E-state index contributed by atoms with van der Waals surface area (Å²) in [6, 6.07) is 0. The highest BCUT2D eigenvalue weighted by Crippen LogP contribution is 2.41. The van der Waals surface area contributed by atoms with E-state index in [0.717, 1.165) is 13.0 Å². The fourth-order valence-corrected chi connectivity index (χ4v) is 6.74. The van der Waals surface area contributed by atoms with E-state index in [9.17, 15) is 10.0 Å². The molecule has 2 aliphatic heterocycles. The third-order valence-electron chi connectivity index (χ3n) is 8.15. The fourth-order valence-electron chi connectivity index (χ4n) is 6.74. The number of hydrogen-bond donors (Lipinski definition) is 1. The van der Waals surface area contributed by atoms with Crippen molar-refractivity contribution in [2.45, 2.75) is 180 Å². The van der Waals surface area contributed by atoms with E-state index in [-0.39, 0.29) is 23.3 Å². The first-order chi connectivity index (χ1) is 17.1. The predicted molar refractivity (Wildman–Crippen MR) is 149 cm³/mol. The second kappa shape index (κ2) is 13.5. The van der Waals surface area contributed by atoms with Gasteiger partial charge in [0.2, 0.25) is 0 Å². The SMILES string of the molecule is CCCCCCCCCCCON1C(C)(C)CC(OC(=O)OC2CC(C)(C)N(O)C(C)(C)C2)CC1(C)C. The van der Waals surface area contributed by atoms with Gasteiger partial charge in [0.25, 0.3) is 0 Å². The molecule has 2 aliphatic rings. The number of ether oxygens (including phenoxy) is 2. The summed E-state index contributed by atoms with van der Waals surface area (Å²) in [5.41, 5.74) is -1.49. The normalized spacial score (nSPS) is 24.2. The maximum atomic E-state index is 12.8. The maximum Gasteiger partial charge on any atom is 0.508 e. The van der Waals surface area contributed by atoms with Crippen molar-refractivity contribution < 1.29 is 24.3 Å². The third kappa shape index (κ3) is 9.66. The molecule has 1 N–H and O–H groups in total. The fraction of sp³-hybridized carbons (Fsp3) is 0.967. The Labute approximate surface area is 227 Å². The van der Waals surface area contributed by atoms with Crippen molar-refractivity contribution in [2.24, 2.45) is 0 Å². The Balaban J connectivity index is 1.78. The predicted octanol–water partition coefficient (Wildman–Crippen LogP) is 8.03. The van der Waals surface area contributed by atoms with Gasteiger partial charge in [-0.15, -0.1) is 0 Å². The van der Waals surface area contributed by atoms with Crippen LogP contribution in [0.2, 0.25) is 0 Å². The molecule has 0 saturated carbocycles. The first-order valence-electron chi connectivity index (χ1n) is 14.9. The summed E-state index contributed by atoms with van der Waals surface area (Å²) in [6.07, 6.45) is 13.0. The van der Waals surface area contributed by atoms with Gasteiger partial charge in [-0.3, -0.25) is 4.84 Å². The molecule has 0 aliphatic carbocycles. The molecule has 0 radical (unpaired) electrons. The van der Waals surface area contributed by atoms with Crippen LogP contribution in [0, 0.1) is 0 Å². The van der Waals surface area contributed by atoms with Crippen LogP contribution in [0.15, 0.2) is 0 Å². The van der Waals surface area contributed by atoms with Gasteiger partial charge in [0, 0.05) is 47.8 Å². The molecule has 0 amide bonds. The van der Waals surface area contributed by atoms with E-state index in [2.05, 4.69) is 39.7 Å². The number of nitrogens with zero attached hydrogens (tertiary/aromatic N) is 2. The van der Waals surface area contributed by atoms with E-state index in [1.165, 1.54) is 56.4 Å². The molecule has 0 aromatic carbocycles. The second-order valence-electron chi connectivity index (χ2n) is 14.1. The van der Waals surface area contributed by atoms with Gasteiger partial charge in [0.15, 0.2) is 0 Å². The van der Waals surface area contributed by atoms with Crippen LogP contribution in [0.3, 0.4) is 0 Å². The molecule has 0 bridgehead atoms. The first kappa shape index (κ1) is 32.3.